The molecule has 0 radical (unpaired) electrons. The second kappa shape index (κ2) is 6.58. The Bertz CT molecular complexity index is 1100. The van der Waals surface area contributed by atoms with Crippen molar-refractivity contribution in [3.8, 4) is 0 Å². The minimum atomic E-state index is -5.07. The summed E-state index contributed by atoms with van der Waals surface area (Å²) < 4.78 is 80.5. The Kier molecular flexibility index (Phi) is 4.41. The number of carbonyl (C=O) groups excluding carboxylic acids is 1. The number of nitrogens with zero attached hydrogens (tertiary/aromatic N) is 4. The minimum absolute atomic E-state index is 0.0160. The van der Waals surface area contributed by atoms with Gasteiger partial charge in [0, 0.05) is 37.8 Å². The van der Waals surface area contributed by atoms with E-state index in [1.54, 1.807) is 0 Å². The third-order valence-corrected chi connectivity index (χ3v) is 4.62. The van der Waals surface area contributed by atoms with Gasteiger partial charge in [0.05, 0.1) is 5.56 Å². The van der Waals surface area contributed by atoms with E-state index in [-0.39, 0.29) is 17.4 Å². The number of hydrogen-bond acceptors (Lipinski definition) is 4. The second-order valence-electron chi connectivity index (χ2n) is 6.52. The van der Waals surface area contributed by atoms with Gasteiger partial charge in [-0.1, -0.05) is 0 Å². The van der Waals surface area contributed by atoms with Crippen LogP contribution in [0.3, 0.4) is 0 Å². The van der Waals surface area contributed by atoms with Gasteiger partial charge in [-0.15, -0.1) is 0 Å². The van der Waals surface area contributed by atoms with E-state index < -0.39 is 40.6 Å². The number of hydrogen-bond donors (Lipinski definition) is 1. The number of carbonyl (C=O) groups is 1. The van der Waals surface area contributed by atoms with Crippen LogP contribution in [-0.2, 0) is 12.4 Å². The molecule has 3 aromatic heterocycles. The largest absolute Gasteiger partial charge is 0.433 e. The van der Waals surface area contributed by atoms with Gasteiger partial charge in [-0.2, -0.15) is 26.3 Å². The highest BCUT2D eigenvalue weighted by atomic mass is 19.4. The highest BCUT2D eigenvalue weighted by Crippen LogP contribution is 2.38. The summed E-state index contributed by atoms with van der Waals surface area (Å²) in [6.45, 7) is 1.99. The van der Waals surface area contributed by atoms with Crippen molar-refractivity contribution in [2.24, 2.45) is 0 Å². The SMILES string of the molecule is O=C(c1cn2c(ccc3c(C(F)(F)F)cc(C(F)(F)F)nc32)n1)N1CCNCC1. The lowest BCUT2D eigenvalue weighted by atomic mass is 10.1. The molecule has 0 aliphatic carbocycles. The number of halogens is 6. The topological polar surface area (TPSA) is 62.5 Å². The molecule has 1 amide bonds. The van der Waals surface area contributed by atoms with Crippen LogP contribution in [-0.4, -0.2) is 51.4 Å². The second-order valence-corrected chi connectivity index (χ2v) is 6.52. The van der Waals surface area contributed by atoms with Crippen LogP contribution in [0.4, 0.5) is 26.3 Å². The van der Waals surface area contributed by atoms with E-state index in [0.29, 0.717) is 26.2 Å². The van der Waals surface area contributed by atoms with E-state index in [0.717, 1.165) is 16.7 Å². The monoisotopic (exact) mass is 417 g/mol. The Hall–Kier alpha value is -2.89. The summed E-state index contributed by atoms with van der Waals surface area (Å²) in [7, 11) is 0. The Labute approximate surface area is 159 Å². The van der Waals surface area contributed by atoms with Crippen molar-refractivity contribution in [3.63, 3.8) is 0 Å². The molecule has 4 heterocycles. The number of nitrogens with one attached hydrogen (secondary N) is 1. The molecule has 0 atom stereocenters. The number of pyridine rings is 2. The first-order valence-electron chi connectivity index (χ1n) is 8.53. The summed E-state index contributed by atoms with van der Waals surface area (Å²) >= 11 is 0. The molecule has 0 aromatic carbocycles. The molecule has 1 aliphatic heterocycles. The molecule has 0 saturated carbocycles. The average molecular weight is 417 g/mol. The maximum absolute atomic E-state index is 13.4. The molecule has 0 spiro atoms. The van der Waals surface area contributed by atoms with E-state index in [9.17, 15) is 31.1 Å². The molecule has 0 unspecified atom stereocenters. The summed E-state index contributed by atoms with van der Waals surface area (Å²) in [4.78, 5) is 21.6. The van der Waals surface area contributed by atoms with Crippen LogP contribution in [0.25, 0.3) is 16.7 Å². The third-order valence-electron chi connectivity index (χ3n) is 4.62. The van der Waals surface area contributed by atoms with Crippen molar-refractivity contribution in [2.45, 2.75) is 12.4 Å². The van der Waals surface area contributed by atoms with E-state index in [4.69, 9.17) is 0 Å². The van der Waals surface area contributed by atoms with E-state index in [2.05, 4.69) is 15.3 Å². The quantitative estimate of drug-likeness (QED) is 0.619. The van der Waals surface area contributed by atoms with Gasteiger partial charge in [0.1, 0.15) is 22.7 Å². The molecule has 29 heavy (non-hydrogen) atoms. The number of rotatable bonds is 1. The van der Waals surface area contributed by atoms with Crippen molar-refractivity contribution < 1.29 is 31.1 Å². The Morgan fingerprint density at radius 1 is 1.00 bits per heavy atom. The van der Waals surface area contributed by atoms with Gasteiger partial charge in [-0.3, -0.25) is 9.20 Å². The van der Waals surface area contributed by atoms with Gasteiger partial charge >= 0.3 is 12.4 Å². The molecule has 1 saturated heterocycles. The Morgan fingerprint density at radius 3 is 2.31 bits per heavy atom. The summed E-state index contributed by atoms with van der Waals surface area (Å²) in [6.07, 6.45) is -8.97. The van der Waals surface area contributed by atoms with E-state index >= 15 is 0 Å². The summed E-state index contributed by atoms with van der Waals surface area (Å²) in [6, 6.07) is 2.20. The molecule has 1 fully saturated rings. The number of imidazole rings is 1. The number of amides is 1. The fourth-order valence-corrected chi connectivity index (χ4v) is 3.24. The number of fused-ring (bicyclic) bond motifs is 3. The molecule has 1 N–H and O–H groups in total. The average Bonchev–Trinajstić information content (AvgIpc) is 3.10. The lowest BCUT2D eigenvalue weighted by Crippen LogP contribution is -2.46. The third kappa shape index (κ3) is 3.48. The zero-order valence-electron chi connectivity index (χ0n) is 14.6. The van der Waals surface area contributed by atoms with Crippen molar-refractivity contribution in [1.82, 2.24) is 24.6 Å². The maximum atomic E-state index is 13.4. The summed E-state index contributed by atoms with van der Waals surface area (Å²) in [5.41, 5.74) is -3.76. The normalized spacial score (nSPS) is 16.0. The van der Waals surface area contributed by atoms with Gasteiger partial charge in [0.25, 0.3) is 5.91 Å². The van der Waals surface area contributed by atoms with E-state index in [1.165, 1.54) is 11.0 Å². The smallest absolute Gasteiger partial charge is 0.335 e. The lowest BCUT2D eigenvalue weighted by molar-refractivity contribution is -0.144. The van der Waals surface area contributed by atoms with Crippen molar-refractivity contribution in [3.05, 3.63) is 41.3 Å². The number of piperazine rings is 1. The van der Waals surface area contributed by atoms with Crippen LogP contribution >= 0.6 is 0 Å². The van der Waals surface area contributed by atoms with Crippen LogP contribution < -0.4 is 5.32 Å². The molecule has 0 bridgehead atoms. The highest BCUT2D eigenvalue weighted by molar-refractivity contribution is 5.94. The zero-order chi connectivity index (χ0) is 21.0. The molecule has 12 heteroatoms. The molecule has 3 aromatic rings. The zero-order valence-corrected chi connectivity index (χ0v) is 14.6. The number of alkyl halides is 6. The van der Waals surface area contributed by atoms with Crippen LogP contribution in [0.15, 0.2) is 24.4 Å². The standard InChI is InChI=1S/C17H13F6N5O/c18-16(19,20)10-7-12(17(21,22)23)26-14-9(10)1-2-13-25-11(8-28(13)14)15(29)27-5-3-24-4-6-27/h1-2,7-8,24H,3-6H2. The van der Waals surface area contributed by atoms with Crippen LogP contribution in [0, 0.1) is 0 Å². The van der Waals surface area contributed by atoms with E-state index in [1.807, 2.05) is 0 Å². The van der Waals surface area contributed by atoms with Crippen LogP contribution in [0.1, 0.15) is 21.7 Å². The van der Waals surface area contributed by atoms with Gasteiger partial charge in [0.2, 0.25) is 0 Å². The molecular weight excluding hydrogens is 404 g/mol. The van der Waals surface area contributed by atoms with Crippen LogP contribution in [0.2, 0.25) is 0 Å². The summed E-state index contributed by atoms with van der Waals surface area (Å²) in [5, 5.41) is 2.55. The summed E-state index contributed by atoms with van der Waals surface area (Å²) in [5.74, 6) is -0.452. The first-order chi connectivity index (χ1) is 13.6. The van der Waals surface area contributed by atoms with Gasteiger partial charge in [-0.25, -0.2) is 9.97 Å². The molecule has 6 nitrogen and oxygen atoms in total. The van der Waals surface area contributed by atoms with Gasteiger partial charge in [0.15, 0.2) is 0 Å². The van der Waals surface area contributed by atoms with Crippen molar-refractivity contribution in [2.75, 3.05) is 26.2 Å². The maximum Gasteiger partial charge on any atom is 0.433 e. The van der Waals surface area contributed by atoms with Gasteiger partial charge in [-0.05, 0) is 18.2 Å². The lowest BCUT2D eigenvalue weighted by Gasteiger charge is -2.26. The minimum Gasteiger partial charge on any atom is -0.335 e. The fraction of sp³-hybridized carbons (Fsp3) is 0.353. The predicted octanol–water partition coefficient (Wildman–Crippen LogP) is 2.97. The number of aromatic nitrogens is 3. The Morgan fingerprint density at radius 2 is 1.69 bits per heavy atom. The molecular formula is C17H13F6N5O. The molecule has 154 valence electrons. The first kappa shape index (κ1) is 19.4. The predicted molar refractivity (Wildman–Crippen MR) is 89.3 cm³/mol. The van der Waals surface area contributed by atoms with Crippen molar-refractivity contribution in [1.29, 1.82) is 0 Å². The Balaban J connectivity index is 1.92. The van der Waals surface area contributed by atoms with Gasteiger partial charge < -0.3 is 10.2 Å². The molecule has 4 rings (SSSR count). The fourth-order valence-electron chi connectivity index (χ4n) is 3.24. The van der Waals surface area contributed by atoms with Crippen LogP contribution in [0.5, 0.6) is 0 Å². The molecule has 1 aliphatic rings. The first-order valence-corrected chi connectivity index (χ1v) is 8.53. The highest BCUT2D eigenvalue weighted by Gasteiger charge is 2.39. The van der Waals surface area contributed by atoms with Crippen molar-refractivity contribution >= 4 is 22.6 Å².